The van der Waals surface area contributed by atoms with Gasteiger partial charge in [0.15, 0.2) is 0 Å². The van der Waals surface area contributed by atoms with Crippen LogP contribution >= 0.6 is 31.9 Å². The monoisotopic (exact) mass is 587 g/mol. The number of amides is 2. The molecule has 2 amide bonds. The summed E-state index contributed by atoms with van der Waals surface area (Å²) in [5.74, 6) is -0.522. The van der Waals surface area contributed by atoms with Crippen molar-refractivity contribution in [1.29, 1.82) is 0 Å². The van der Waals surface area contributed by atoms with Crippen LogP contribution in [0.1, 0.15) is 18.1 Å². The number of carbonyl (C=O) groups excluding carboxylic acids is 2. The van der Waals surface area contributed by atoms with Crippen LogP contribution in [-0.2, 0) is 16.2 Å². The highest BCUT2D eigenvalue weighted by Gasteiger charge is 2.21. The Bertz CT molecular complexity index is 1170. The lowest BCUT2D eigenvalue weighted by molar-refractivity contribution is -0.131. The van der Waals surface area contributed by atoms with Crippen LogP contribution in [0.5, 0.6) is 11.5 Å². The van der Waals surface area contributed by atoms with Crippen LogP contribution in [0.3, 0.4) is 0 Å². The second kappa shape index (κ2) is 12.3. The van der Waals surface area contributed by atoms with E-state index in [4.69, 9.17) is 9.47 Å². The number of hydrazone groups is 1. The van der Waals surface area contributed by atoms with E-state index in [9.17, 15) is 9.59 Å². The molecule has 0 radical (unpaired) electrons. The first-order valence-electron chi connectivity index (χ1n) is 10.3. The van der Waals surface area contributed by atoms with Crippen molar-refractivity contribution in [2.75, 3.05) is 12.4 Å². The Morgan fingerprint density at radius 1 is 1.00 bits per heavy atom. The summed E-state index contributed by atoms with van der Waals surface area (Å²) in [6, 6.07) is 20.2. The molecule has 1 atom stereocenters. The third-order valence-corrected chi connectivity index (χ3v) is 5.94. The molecule has 3 aromatic rings. The van der Waals surface area contributed by atoms with Crippen molar-refractivity contribution < 1.29 is 19.1 Å². The molecule has 176 valence electrons. The largest absolute Gasteiger partial charge is 0.497 e. The number of methoxy groups -OCH3 is 1. The number of carbonyl (C=O) groups is 2. The van der Waals surface area contributed by atoms with E-state index >= 15 is 0 Å². The molecule has 0 saturated heterocycles. The topological polar surface area (TPSA) is 89.0 Å². The van der Waals surface area contributed by atoms with Gasteiger partial charge in [-0.25, -0.2) is 5.43 Å². The van der Waals surface area contributed by atoms with Gasteiger partial charge >= 0.3 is 0 Å². The molecule has 0 aromatic heterocycles. The van der Waals surface area contributed by atoms with Gasteiger partial charge in [-0.2, -0.15) is 5.10 Å². The highest BCUT2D eigenvalue weighted by atomic mass is 79.9. The zero-order valence-electron chi connectivity index (χ0n) is 18.5. The van der Waals surface area contributed by atoms with E-state index in [2.05, 4.69) is 47.7 Å². The lowest BCUT2D eigenvalue weighted by atomic mass is 10.1. The Balaban J connectivity index is 1.50. The highest BCUT2D eigenvalue weighted by Crippen LogP contribution is 2.26. The fourth-order valence-electron chi connectivity index (χ4n) is 2.77. The van der Waals surface area contributed by atoms with Crippen molar-refractivity contribution in [3.05, 3.63) is 86.8 Å². The summed E-state index contributed by atoms with van der Waals surface area (Å²) in [6.07, 6.45) is 1.50. The van der Waals surface area contributed by atoms with Gasteiger partial charge in [-0.1, -0.05) is 28.1 Å². The summed E-state index contributed by atoms with van der Waals surface area (Å²) in [5.41, 5.74) is 4.77. The standard InChI is InChI=1S/C25H23Br2N3O4/c1-16(24(31)29-20-8-10-21(33-2)11-9-20)25(32)30-28-14-18-5-12-23(22(27)13-18)34-15-17-3-6-19(26)7-4-17/h3-14,16H,15H2,1-2H3,(H,29,31)(H,30,32). The fourth-order valence-corrected chi connectivity index (χ4v) is 3.54. The summed E-state index contributed by atoms with van der Waals surface area (Å²) < 4.78 is 12.7. The highest BCUT2D eigenvalue weighted by molar-refractivity contribution is 9.10. The van der Waals surface area contributed by atoms with E-state index in [0.717, 1.165) is 20.1 Å². The van der Waals surface area contributed by atoms with Crippen molar-refractivity contribution in [2.24, 2.45) is 11.0 Å². The average molecular weight is 589 g/mol. The second-order valence-electron chi connectivity index (χ2n) is 7.28. The maximum Gasteiger partial charge on any atom is 0.252 e. The molecule has 1 unspecified atom stereocenters. The molecule has 0 fully saturated rings. The van der Waals surface area contributed by atoms with Gasteiger partial charge in [-0.05, 0) is 88.6 Å². The van der Waals surface area contributed by atoms with Crippen molar-refractivity contribution in [2.45, 2.75) is 13.5 Å². The molecule has 0 aliphatic heterocycles. The number of halogens is 2. The van der Waals surface area contributed by atoms with Gasteiger partial charge < -0.3 is 14.8 Å². The summed E-state index contributed by atoms with van der Waals surface area (Å²) in [5, 5.41) is 6.65. The first-order chi connectivity index (χ1) is 16.4. The van der Waals surface area contributed by atoms with Crippen molar-refractivity contribution in [3.8, 4) is 11.5 Å². The first-order valence-corrected chi connectivity index (χ1v) is 11.9. The van der Waals surface area contributed by atoms with Gasteiger partial charge in [0.2, 0.25) is 5.91 Å². The summed E-state index contributed by atoms with van der Waals surface area (Å²) >= 11 is 6.91. The normalized spacial score (nSPS) is 11.6. The molecule has 9 heteroatoms. The van der Waals surface area contributed by atoms with Gasteiger partial charge in [0.05, 0.1) is 17.8 Å². The lowest BCUT2D eigenvalue weighted by Crippen LogP contribution is -2.34. The quantitative estimate of drug-likeness (QED) is 0.196. The van der Waals surface area contributed by atoms with E-state index in [0.29, 0.717) is 23.8 Å². The maximum absolute atomic E-state index is 12.3. The van der Waals surface area contributed by atoms with Crippen LogP contribution in [0, 0.1) is 5.92 Å². The maximum atomic E-state index is 12.3. The second-order valence-corrected chi connectivity index (χ2v) is 9.05. The summed E-state index contributed by atoms with van der Waals surface area (Å²) in [4.78, 5) is 24.6. The SMILES string of the molecule is COc1ccc(NC(=O)C(C)C(=O)NN=Cc2ccc(OCc3ccc(Br)cc3)c(Br)c2)cc1. The molecule has 3 rings (SSSR count). The number of rotatable bonds is 9. The van der Waals surface area contributed by atoms with E-state index < -0.39 is 17.7 Å². The van der Waals surface area contributed by atoms with E-state index in [-0.39, 0.29) is 0 Å². The lowest BCUT2D eigenvalue weighted by Gasteiger charge is -2.11. The average Bonchev–Trinajstić information content (AvgIpc) is 2.84. The Morgan fingerprint density at radius 3 is 2.35 bits per heavy atom. The van der Waals surface area contributed by atoms with E-state index in [1.165, 1.54) is 13.1 Å². The Labute approximate surface area is 214 Å². The fraction of sp³-hybridized carbons (Fsp3) is 0.160. The Morgan fingerprint density at radius 2 is 1.71 bits per heavy atom. The molecular formula is C25H23Br2N3O4. The molecule has 34 heavy (non-hydrogen) atoms. The van der Waals surface area contributed by atoms with Crippen LogP contribution in [0.2, 0.25) is 0 Å². The Hall–Kier alpha value is -3.17. The van der Waals surface area contributed by atoms with Crippen LogP contribution < -0.4 is 20.2 Å². The smallest absolute Gasteiger partial charge is 0.252 e. The third-order valence-electron chi connectivity index (χ3n) is 4.80. The molecule has 0 aliphatic carbocycles. The van der Waals surface area contributed by atoms with Crippen LogP contribution in [0.15, 0.2) is 80.8 Å². The van der Waals surface area contributed by atoms with Crippen molar-refractivity contribution >= 4 is 55.6 Å². The van der Waals surface area contributed by atoms with E-state index in [1.54, 1.807) is 31.4 Å². The van der Waals surface area contributed by atoms with Gasteiger partial charge in [-0.15, -0.1) is 0 Å². The number of hydrogen-bond acceptors (Lipinski definition) is 5. The summed E-state index contributed by atoms with van der Waals surface area (Å²) in [7, 11) is 1.56. The molecular weight excluding hydrogens is 566 g/mol. The number of benzene rings is 3. The van der Waals surface area contributed by atoms with Gasteiger partial charge in [0, 0.05) is 10.2 Å². The number of ether oxygens (including phenoxy) is 2. The van der Waals surface area contributed by atoms with Crippen LogP contribution in [0.25, 0.3) is 0 Å². The van der Waals surface area contributed by atoms with Gasteiger partial charge in [0.1, 0.15) is 24.0 Å². The molecule has 3 aromatic carbocycles. The molecule has 2 N–H and O–H groups in total. The predicted octanol–water partition coefficient (Wildman–Crippen LogP) is 5.52. The number of nitrogens with zero attached hydrogens (tertiary/aromatic N) is 1. The molecule has 7 nitrogen and oxygen atoms in total. The predicted molar refractivity (Wildman–Crippen MR) is 139 cm³/mol. The van der Waals surface area contributed by atoms with Gasteiger partial charge in [-0.3, -0.25) is 9.59 Å². The molecule has 0 heterocycles. The minimum atomic E-state index is -0.930. The van der Waals surface area contributed by atoms with E-state index in [1.807, 2.05) is 42.5 Å². The zero-order chi connectivity index (χ0) is 24.5. The van der Waals surface area contributed by atoms with Crippen molar-refractivity contribution in [1.82, 2.24) is 5.43 Å². The first kappa shape index (κ1) is 25.5. The number of hydrogen-bond donors (Lipinski definition) is 2. The van der Waals surface area contributed by atoms with Gasteiger partial charge in [0.25, 0.3) is 5.91 Å². The summed E-state index contributed by atoms with van der Waals surface area (Å²) in [6.45, 7) is 1.95. The van der Waals surface area contributed by atoms with Crippen LogP contribution in [0.4, 0.5) is 5.69 Å². The number of anilines is 1. The molecule has 0 saturated carbocycles. The zero-order valence-corrected chi connectivity index (χ0v) is 21.7. The number of nitrogens with one attached hydrogen (secondary N) is 2. The minimum Gasteiger partial charge on any atom is -0.497 e. The Kier molecular flexibility index (Phi) is 9.24. The minimum absolute atomic E-state index is 0.436. The molecule has 0 bridgehead atoms. The van der Waals surface area contributed by atoms with Crippen molar-refractivity contribution in [3.63, 3.8) is 0 Å². The third kappa shape index (κ3) is 7.43. The molecule has 0 spiro atoms. The van der Waals surface area contributed by atoms with Crippen LogP contribution in [-0.4, -0.2) is 25.1 Å². The molecule has 0 aliphatic rings.